The van der Waals surface area contributed by atoms with E-state index in [1.54, 1.807) is 12.1 Å². The fraction of sp³-hybridized carbons (Fsp3) is 0.125. The number of benzene rings is 2. The first-order valence-corrected chi connectivity index (χ1v) is 8.75. The van der Waals surface area contributed by atoms with Crippen LogP contribution < -0.4 is 10.0 Å². The van der Waals surface area contributed by atoms with Crippen molar-refractivity contribution in [3.05, 3.63) is 59.7 Å². The van der Waals surface area contributed by atoms with Gasteiger partial charge in [0.1, 0.15) is 0 Å². The summed E-state index contributed by atoms with van der Waals surface area (Å²) >= 11 is 0. The Kier molecular flexibility index (Phi) is 5.20. The Morgan fingerprint density at radius 2 is 1.38 bits per heavy atom. The van der Waals surface area contributed by atoms with Gasteiger partial charge in [0.2, 0.25) is 10.0 Å². The van der Waals surface area contributed by atoms with E-state index in [1.165, 1.54) is 43.5 Å². The third kappa shape index (κ3) is 4.82. The zero-order chi connectivity index (χ0) is 17.7. The number of anilines is 2. The summed E-state index contributed by atoms with van der Waals surface area (Å²) in [5, 5.41) is 2.68. The smallest absolute Gasteiger partial charge is 0.337 e. The van der Waals surface area contributed by atoms with E-state index in [0.29, 0.717) is 22.5 Å². The average Bonchev–Trinajstić information content (AvgIpc) is 2.54. The molecule has 0 spiro atoms. The largest absolute Gasteiger partial charge is 0.465 e. The summed E-state index contributed by atoms with van der Waals surface area (Å²) in [5.41, 5.74) is 1.64. The average molecular weight is 348 g/mol. The number of rotatable bonds is 5. The molecule has 0 heterocycles. The molecule has 0 atom stereocenters. The number of carbonyl (C=O) groups excluding carboxylic acids is 2. The number of nitrogens with one attached hydrogen (secondary N) is 2. The van der Waals surface area contributed by atoms with E-state index in [2.05, 4.69) is 14.8 Å². The van der Waals surface area contributed by atoms with Gasteiger partial charge in [0.15, 0.2) is 0 Å². The van der Waals surface area contributed by atoms with Crippen molar-refractivity contribution in [3.8, 4) is 0 Å². The zero-order valence-corrected chi connectivity index (χ0v) is 13.9. The monoisotopic (exact) mass is 348 g/mol. The molecule has 0 aliphatic heterocycles. The van der Waals surface area contributed by atoms with Crippen molar-refractivity contribution in [2.45, 2.75) is 0 Å². The van der Waals surface area contributed by atoms with Crippen LogP contribution in [0, 0.1) is 0 Å². The molecule has 2 aromatic carbocycles. The lowest BCUT2D eigenvalue weighted by Crippen LogP contribution is -2.13. The molecule has 0 aromatic heterocycles. The molecule has 2 N–H and O–H groups in total. The molecule has 7 nitrogen and oxygen atoms in total. The molecule has 1 amide bonds. The van der Waals surface area contributed by atoms with Gasteiger partial charge in [-0.05, 0) is 48.5 Å². The third-order valence-corrected chi connectivity index (χ3v) is 3.62. The van der Waals surface area contributed by atoms with Crippen LogP contribution in [0.15, 0.2) is 48.5 Å². The molecule has 0 radical (unpaired) electrons. The van der Waals surface area contributed by atoms with Crippen molar-refractivity contribution >= 4 is 33.3 Å². The van der Waals surface area contributed by atoms with E-state index in [4.69, 9.17) is 0 Å². The van der Waals surface area contributed by atoms with Crippen LogP contribution in [0.4, 0.5) is 11.4 Å². The number of carbonyl (C=O) groups is 2. The van der Waals surface area contributed by atoms with Gasteiger partial charge in [0.25, 0.3) is 5.91 Å². The SMILES string of the molecule is COC(=O)c1ccc(C(=O)Nc2ccc(NS(C)(=O)=O)cc2)cc1. The van der Waals surface area contributed by atoms with Crippen molar-refractivity contribution in [2.75, 3.05) is 23.4 Å². The molecule has 0 fully saturated rings. The molecule has 126 valence electrons. The van der Waals surface area contributed by atoms with Crippen molar-refractivity contribution < 1.29 is 22.7 Å². The van der Waals surface area contributed by atoms with Gasteiger partial charge in [-0.25, -0.2) is 13.2 Å². The quantitative estimate of drug-likeness (QED) is 0.806. The van der Waals surface area contributed by atoms with Crippen LogP contribution >= 0.6 is 0 Å². The maximum atomic E-state index is 12.1. The van der Waals surface area contributed by atoms with Gasteiger partial charge in [-0.15, -0.1) is 0 Å². The van der Waals surface area contributed by atoms with Gasteiger partial charge in [-0.3, -0.25) is 9.52 Å². The minimum atomic E-state index is -3.34. The number of hydrogen-bond donors (Lipinski definition) is 2. The highest BCUT2D eigenvalue weighted by molar-refractivity contribution is 7.92. The second kappa shape index (κ2) is 7.14. The van der Waals surface area contributed by atoms with E-state index < -0.39 is 16.0 Å². The topological polar surface area (TPSA) is 102 Å². The summed E-state index contributed by atoms with van der Waals surface area (Å²) in [7, 11) is -2.06. The highest BCUT2D eigenvalue weighted by Crippen LogP contribution is 2.16. The highest BCUT2D eigenvalue weighted by Gasteiger charge is 2.09. The van der Waals surface area contributed by atoms with Gasteiger partial charge in [-0.1, -0.05) is 0 Å². The number of methoxy groups -OCH3 is 1. The Bertz CT molecular complexity index is 843. The lowest BCUT2D eigenvalue weighted by atomic mass is 10.1. The zero-order valence-electron chi connectivity index (χ0n) is 13.1. The number of amides is 1. The van der Waals surface area contributed by atoms with E-state index in [0.717, 1.165) is 6.26 Å². The summed E-state index contributed by atoms with van der Waals surface area (Å²) in [4.78, 5) is 23.5. The molecule has 0 unspecified atom stereocenters. The van der Waals surface area contributed by atoms with E-state index in [1.807, 2.05) is 0 Å². The molecular formula is C16H16N2O5S. The van der Waals surface area contributed by atoms with Gasteiger partial charge in [0.05, 0.1) is 18.9 Å². The molecule has 0 saturated carbocycles. The fourth-order valence-electron chi connectivity index (χ4n) is 1.91. The summed E-state index contributed by atoms with van der Waals surface area (Å²) in [6, 6.07) is 12.3. The molecule has 2 rings (SSSR count). The Labute approximate surface area is 139 Å². The molecular weight excluding hydrogens is 332 g/mol. The third-order valence-electron chi connectivity index (χ3n) is 3.01. The molecule has 0 aliphatic rings. The Morgan fingerprint density at radius 1 is 0.875 bits per heavy atom. The lowest BCUT2D eigenvalue weighted by molar-refractivity contribution is 0.0600. The first-order chi connectivity index (χ1) is 11.3. The minimum absolute atomic E-state index is 0.352. The highest BCUT2D eigenvalue weighted by atomic mass is 32.2. The van der Waals surface area contributed by atoms with Gasteiger partial charge in [-0.2, -0.15) is 0 Å². The van der Waals surface area contributed by atoms with Crippen LogP contribution in [0.25, 0.3) is 0 Å². The number of ether oxygens (including phenoxy) is 1. The van der Waals surface area contributed by atoms with Gasteiger partial charge >= 0.3 is 5.97 Å². The summed E-state index contributed by atoms with van der Waals surface area (Å²) in [5.74, 6) is -0.828. The van der Waals surface area contributed by atoms with Crippen LogP contribution in [-0.2, 0) is 14.8 Å². The molecule has 24 heavy (non-hydrogen) atoms. The predicted octanol–water partition coefficient (Wildman–Crippen LogP) is 2.10. The molecule has 2 aromatic rings. The fourth-order valence-corrected chi connectivity index (χ4v) is 2.48. The van der Waals surface area contributed by atoms with Crippen molar-refractivity contribution in [1.29, 1.82) is 0 Å². The maximum Gasteiger partial charge on any atom is 0.337 e. The molecule has 0 saturated heterocycles. The summed E-state index contributed by atoms with van der Waals surface area (Å²) in [6.07, 6.45) is 1.06. The lowest BCUT2D eigenvalue weighted by Gasteiger charge is -2.08. The minimum Gasteiger partial charge on any atom is -0.465 e. The van der Waals surface area contributed by atoms with Crippen LogP contribution in [0.1, 0.15) is 20.7 Å². The number of sulfonamides is 1. The van der Waals surface area contributed by atoms with E-state index >= 15 is 0 Å². The summed E-state index contributed by atoms with van der Waals surface area (Å²) < 4.78 is 29.2. The Hall–Kier alpha value is -2.87. The van der Waals surface area contributed by atoms with E-state index in [-0.39, 0.29) is 5.91 Å². The number of hydrogen-bond acceptors (Lipinski definition) is 5. The van der Waals surface area contributed by atoms with Crippen molar-refractivity contribution in [1.82, 2.24) is 0 Å². The van der Waals surface area contributed by atoms with Gasteiger partial charge in [0, 0.05) is 16.9 Å². The summed E-state index contributed by atoms with van der Waals surface area (Å²) in [6.45, 7) is 0. The van der Waals surface area contributed by atoms with Crippen LogP contribution in [0.2, 0.25) is 0 Å². The van der Waals surface area contributed by atoms with Crippen LogP contribution in [-0.4, -0.2) is 33.7 Å². The van der Waals surface area contributed by atoms with Crippen LogP contribution in [0.3, 0.4) is 0 Å². The number of esters is 1. The predicted molar refractivity (Wildman–Crippen MR) is 90.6 cm³/mol. The van der Waals surface area contributed by atoms with Gasteiger partial charge < -0.3 is 10.1 Å². The van der Waals surface area contributed by atoms with Crippen molar-refractivity contribution in [2.24, 2.45) is 0 Å². The second-order valence-corrected chi connectivity index (χ2v) is 6.72. The standard InChI is InChI=1S/C16H16N2O5S/c1-23-16(20)12-5-3-11(4-6-12)15(19)17-13-7-9-14(10-8-13)18-24(2,21)22/h3-10,18H,1-2H3,(H,17,19). The second-order valence-electron chi connectivity index (χ2n) is 4.97. The normalized spacial score (nSPS) is 10.8. The Morgan fingerprint density at radius 3 is 1.88 bits per heavy atom. The van der Waals surface area contributed by atoms with Crippen LogP contribution in [0.5, 0.6) is 0 Å². The maximum absolute atomic E-state index is 12.1. The molecule has 0 bridgehead atoms. The van der Waals surface area contributed by atoms with E-state index in [9.17, 15) is 18.0 Å². The first kappa shape index (κ1) is 17.5. The first-order valence-electron chi connectivity index (χ1n) is 6.86. The van der Waals surface area contributed by atoms with Crippen molar-refractivity contribution in [3.63, 3.8) is 0 Å². The Balaban J connectivity index is 2.05. The molecule has 0 aliphatic carbocycles. The molecule has 8 heteroatoms.